The Labute approximate surface area is 183 Å². The Bertz CT molecular complexity index is 1230. The summed E-state index contributed by atoms with van der Waals surface area (Å²) in [6.45, 7) is 2.04. The van der Waals surface area contributed by atoms with Crippen LogP contribution in [0.15, 0.2) is 85.1 Å². The zero-order valence-electron chi connectivity index (χ0n) is 17.3. The van der Waals surface area contributed by atoms with Gasteiger partial charge in [0.25, 0.3) is 0 Å². The maximum absolute atomic E-state index is 13.3. The summed E-state index contributed by atoms with van der Waals surface area (Å²) in [6, 6.07) is 21.3. The number of para-hydroxylation sites is 1. The molecule has 0 radical (unpaired) electrons. The van der Waals surface area contributed by atoms with Crippen LogP contribution in [-0.4, -0.2) is 10.5 Å². The van der Waals surface area contributed by atoms with E-state index in [0.29, 0.717) is 12.4 Å². The van der Waals surface area contributed by atoms with E-state index in [1.165, 1.54) is 18.2 Å². The standard InChI is InChI=1S/C25H21F3N2O2/c1-17(24(31)29-21-11-6-5-10-20(21)25(26,27)28)30-15-14-19-22(30)12-7-13-23(19)32-16-18-8-3-2-4-9-18/h2-15,17H,16H2,1H3,(H,29,31). The van der Waals surface area contributed by atoms with E-state index in [-0.39, 0.29) is 5.69 Å². The van der Waals surface area contributed by atoms with Crippen LogP contribution in [0.5, 0.6) is 5.75 Å². The number of nitrogens with zero attached hydrogens (tertiary/aromatic N) is 1. The molecule has 0 bridgehead atoms. The first-order valence-corrected chi connectivity index (χ1v) is 10.1. The number of alkyl halides is 3. The molecule has 7 heteroatoms. The number of hydrogen-bond donors (Lipinski definition) is 1. The number of ether oxygens (including phenoxy) is 1. The first-order chi connectivity index (χ1) is 15.3. The van der Waals surface area contributed by atoms with Crippen LogP contribution in [0.1, 0.15) is 24.1 Å². The lowest BCUT2D eigenvalue weighted by atomic mass is 10.1. The van der Waals surface area contributed by atoms with E-state index < -0.39 is 23.7 Å². The quantitative estimate of drug-likeness (QED) is 0.377. The van der Waals surface area contributed by atoms with Crippen LogP contribution in [0.4, 0.5) is 18.9 Å². The van der Waals surface area contributed by atoms with E-state index in [9.17, 15) is 18.0 Å². The number of fused-ring (bicyclic) bond motifs is 1. The molecule has 1 aromatic heterocycles. The SMILES string of the molecule is CC(C(=O)Nc1ccccc1C(F)(F)F)n1ccc2c(OCc3ccccc3)cccc21. The summed E-state index contributed by atoms with van der Waals surface area (Å²) in [7, 11) is 0. The fourth-order valence-electron chi connectivity index (χ4n) is 3.56. The normalized spacial score (nSPS) is 12.5. The highest BCUT2D eigenvalue weighted by atomic mass is 19.4. The summed E-state index contributed by atoms with van der Waals surface area (Å²) < 4.78 is 47.4. The van der Waals surface area contributed by atoms with Crippen molar-refractivity contribution in [2.75, 3.05) is 5.32 Å². The highest BCUT2D eigenvalue weighted by Gasteiger charge is 2.34. The predicted molar refractivity (Wildman–Crippen MR) is 117 cm³/mol. The van der Waals surface area contributed by atoms with Crippen molar-refractivity contribution in [2.24, 2.45) is 0 Å². The first-order valence-electron chi connectivity index (χ1n) is 10.1. The number of rotatable bonds is 6. The van der Waals surface area contributed by atoms with Gasteiger partial charge in [0, 0.05) is 11.6 Å². The molecule has 1 amide bonds. The summed E-state index contributed by atoms with van der Waals surface area (Å²) in [5.41, 5.74) is 0.636. The Hall–Kier alpha value is -3.74. The minimum Gasteiger partial charge on any atom is -0.488 e. The third-order valence-corrected chi connectivity index (χ3v) is 5.25. The van der Waals surface area contributed by atoms with Gasteiger partial charge < -0.3 is 14.6 Å². The summed E-state index contributed by atoms with van der Waals surface area (Å²) in [5, 5.41) is 3.24. The lowest BCUT2D eigenvalue weighted by Crippen LogP contribution is -2.24. The molecule has 164 valence electrons. The minimum absolute atomic E-state index is 0.264. The molecule has 0 spiro atoms. The predicted octanol–water partition coefficient (Wildman–Crippen LogP) is 6.44. The van der Waals surface area contributed by atoms with Gasteiger partial charge >= 0.3 is 6.18 Å². The van der Waals surface area contributed by atoms with Crippen LogP contribution in [0.2, 0.25) is 0 Å². The Balaban J connectivity index is 1.56. The van der Waals surface area contributed by atoms with E-state index in [4.69, 9.17) is 4.74 Å². The van der Waals surface area contributed by atoms with Crippen LogP contribution < -0.4 is 10.1 Å². The van der Waals surface area contributed by atoms with E-state index in [2.05, 4.69) is 5.32 Å². The minimum atomic E-state index is -4.56. The topological polar surface area (TPSA) is 43.3 Å². The Morgan fingerprint density at radius 3 is 2.44 bits per heavy atom. The third kappa shape index (κ3) is 4.46. The van der Waals surface area contributed by atoms with Crippen molar-refractivity contribution < 1.29 is 22.7 Å². The van der Waals surface area contributed by atoms with E-state index in [0.717, 1.165) is 22.5 Å². The van der Waals surface area contributed by atoms with Gasteiger partial charge in [0.15, 0.2) is 0 Å². The number of anilines is 1. The number of carbonyl (C=O) groups is 1. The van der Waals surface area contributed by atoms with Crippen molar-refractivity contribution in [1.82, 2.24) is 4.57 Å². The highest BCUT2D eigenvalue weighted by Crippen LogP contribution is 2.35. The number of halogens is 3. The van der Waals surface area contributed by atoms with Gasteiger partial charge in [-0.25, -0.2) is 0 Å². The zero-order valence-corrected chi connectivity index (χ0v) is 17.3. The summed E-state index contributed by atoms with van der Waals surface area (Å²) >= 11 is 0. The molecule has 1 N–H and O–H groups in total. The molecule has 1 atom stereocenters. The van der Waals surface area contributed by atoms with Crippen LogP contribution in [0, 0.1) is 0 Å². The molecule has 4 rings (SSSR count). The molecule has 32 heavy (non-hydrogen) atoms. The number of nitrogens with one attached hydrogen (secondary N) is 1. The van der Waals surface area contributed by atoms with Crippen molar-refractivity contribution in [3.63, 3.8) is 0 Å². The maximum atomic E-state index is 13.3. The number of amides is 1. The maximum Gasteiger partial charge on any atom is 0.418 e. The molecule has 1 unspecified atom stereocenters. The molecule has 0 aliphatic rings. The fraction of sp³-hybridized carbons (Fsp3) is 0.160. The van der Waals surface area contributed by atoms with Crippen molar-refractivity contribution >= 4 is 22.5 Å². The molecule has 0 fully saturated rings. The summed E-state index contributed by atoms with van der Waals surface area (Å²) in [6.07, 6.45) is -2.82. The van der Waals surface area contributed by atoms with Gasteiger partial charge in [-0.3, -0.25) is 4.79 Å². The van der Waals surface area contributed by atoms with Crippen molar-refractivity contribution in [3.05, 3.63) is 96.2 Å². The average molecular weight is 438 g/mol. The van der Waals surface area contributed by atoms with Gasteiger partial charge in [-0.2, -0.15) is 13.2 Å². The van der Waals surface area contributed by atoms with Crippen molar-refractivity contribution in [1.29, 1.82) is 0 Å². The Morgan fingerprint density at radius 1 is 0.969 bits per heavy atom. The average Bonchev–Trinajstić information content (AvgIpc) is 3.22. The summed E-state index contributed by atoms with van der Waals surface area (Å²) in [5.74, 6) is 0.120. The zero-order chi connectivity index (χ0) is 22.7. The molecule has 0 aliphatic heterocycles. The van der Waals surface area contributed by atoms with Crippen molar-refractivity contribution in [2.45, 2.75) is 25.7 Å². The molecule has 3 aromatic carbocycles. The van der Waals surface area contributed by atoms with Crippen molar-refractivity contribution in [3.8, 4) is 5.75 Å². The molecule has 0 saturated carbocycles. The Kier molecular flexibility index (Phi) is 5.90. The molecule has 1 heterocycles. The molecule has 4 aromatic rings. The van der Waals surface area contributed by atoms with Gasteiger partial charge in [0.05, 0.1) is 16.8 Å². The number of benzene rings is 3. The summed E-state index contributed by atoms with van der Waals surface area (Å²) in [4.78, 5) is 12.8. The van der Waals surface area contributed by atoms with Gasteiger partial charge in [-0.15, -0.1) is 0 Å². The largest absolute Gasteiger partial charge is 0.488 e. The number of hydrogen-bond acceptors (Lipinski definition) is 2. The van der Waals surface area contributed by atoms with Crippen LogP contribution >= 0.6 is 0 Å². The third-order valence-electron chi connectivity index (χ3n) is 5.25. The monoisotopic (exact) mass is 438 g/mol. The van der Waals surface area contributed by atoms with Gasteiger partial charge in [0.2, 0.25) is 5.91 Å². The number of aromatic nitrogens is 1. The van der Waals surface area contributed by atoms with E-state index >= 15 is 0 Å². The van der Waals surface area contributed by atoms with E-state index in [1.54, 1.807) is 17.7 Å². The van der Waals surface area contributed by atoms with Gasteiger partial charge in [0.1, 0.15) is 18.4 Å². The van der Waals surface area contributed by atoms with Crippen LogP contribution in [0.3, 0.4) is 0 Å². The lowest BCUT2D eigenvalue weighted by Gasteiger charge is -2.18. The first kappa shape index (κ1) is 21.5. The van der Waals surface area contributed by atoms with Gasteiger partial charge in [-0.1, -0.05) is 48.5 Å². The molecule has 4 nitrogen and oxygen atoms in total. The molecule has 0 aliphatic carbocycles. The van der Waals surface area contributed by atoms with Crippen LogP contribution in [0.25, 0.3) is 10.9 Å². The Morgan fingerprint density at radius 2 is 1.69 bits per heavy atom. The smallest absolute Gasteiger partial charge is 0.418 e. The number of carbonyl (C=O) groups excluding carboxylic acids is 1. The molecular weight excluding hydrogens is 417 g/mol. The van der Waals surface area contributed by atoms with Crippen LogP contribution in [-0.2, 0) is 17.6 Å². The second kappa shape index (κ2) is 8.78. The van der Waals surface area contributed by atoms with Gasteiger partial charge in [-0.05, 0) is 42.8 Å². The molecule has 0 saturated heterocycles. The molecular formula is C25H21F3N2O2. The fourth-order valence-corrected chi connectivity index (χ4v) is 3.56. The highest BCUT2D eigenvalue weighted by molar-refractivity contribution is 5.96. The second-order valence-corrected chi connectivity index (χ2v) is 7.39. The second-order valence-electron chi connectivity index (χ2n) is 7.39. The lowest BCUT2D eigenvalue weighted by molar-refractivity contribution is -0.137. The van der Waals surface area contributed by atoms with E-state index in [1.807, 2.05) is 54.6 Å².